The first-order valence-corrected chi connectivity index (χ1v) is 8.38. The van der Waals surface area contributed by atoms with Gasteiger partial charge in [-0.1, -0.05) is 22.9 Å². The molecule has 0 amide bonds. The van der Waals surface area contributed by atoms with Gasteiger partial charge >= 0.3 is 6.18 Å². The van der Waals surface area contributed by atoms with Gasteiger partial charge in [-0.05, 0) is 29.4 Å². The summed E-state index contributed by atoms with van der Waals surface area (Å²) in [5.41, 5.74) is 0.304. The van der Waals surface area contributed by atoms with Crippen LogP contribution in [0.2, 0.25) is 0 Å². The monoisotopic (exact) mass is 384 g/mol. The maximum Gasteiger partial charge on any atom is 0.420 e. The van der Waals surface area contributed by atoms with Crippen LogP contribution in [0.15, 0.2) is 6.07 Å². The molecule has 21 heavy (non-hydrogen) atoms. The van der Waals surface area contributed by atoms with Crippen LogP contribution in [-0.2, 0) is 12.6 Å². The summed E-state index contributed by atoms with van der Waals surface area (Å²) in [6, 6.07) is 1.67. The highest BCUT2D eigenvalue weighted by Crippen LogP contribution is 2.53. The van der Waals surface area contributed by atoms with Crippen molar-refractivity contribution in [1.29, 1.82) is 0 Å². The zero-order chi connectivity index (χ0) is 15.8. The molecule has 0 saturated heterocycles. The van der Waals surface area contributed by atoms with E-state index in [0.29, 0.717) is 17.5 Å². The van der Waals surface area contributed by atoms with Crippen molar-refractivity contribution in [2.75, 3.05) is 20.0 Å². The molecule has 0 aromatic heterocycles. The molecular formula is C14H16BrF3O2S. The van der Waals surface area contributed by atoms with Gasteiger partial charge in [0.2, 0.25) is 0 Å². The predicted octanol–water partition coefficient (Wildman–Crippen LogP) is 4.84. The predicted molar refractivity (Wildman–Crippen MR) is 81.8 cm³/mol. The molecule has 0 bridgehead atoms. The van der Waals surface area contributed by atoms with Crippen LogP contribution in [0.4, 0.5) is 13.2 Å². The maximum atomic E-state index is 13.6. The molecule has 0 spiro atoms. The molecule has 118 valence electrons. The molecule has 0 aliphatic carbocycles. The quantitative estimate of drug-likeness (QED) is 0.694. The van der Waals surface area contributed by atoms with Crippen LogP contribution in [-0.4, -0.2) is 24.8 Å². The third kappa shape index (κ3) is 3.13. The van der Waals surface area contributed by atoms with Gasteiger partial charge in [-0.25, -0.2) is 0 Å². The highest BCUT2D eigenvalue weighted by molar-refractivity contribution is 9.09. The number of rotatable bonds is 3. The lowest BCUT2D eigenvalue weighted by molar-refractivity contribution is -0.139. The highest BCUT2D eigenvalue weighted by Gasteiger charge is 2.43. The van der Waals surface area contributed by atoms with E-state index in [1.165, 1.54) is 26.0 Å². The molecule has 2 nitrogen and oxygen atoms in total. The lowest BCUT2D eigenvalue weighted by Crippen LogP contribution is -2.22. The van der Waals surface area contributed by atoms with E-state index in [-0.39, 0.29) is 21.6 Å². The summed E-state index contributed by atoms with van der Waals surface area (Å²) >= 11 is 4.96. The highest BCUT2D eigenvalue weighted by atomic mass is 79.9. The fourth-order valence-corrected chi connectivity index (χ4v) is 4.63. The van der Waals surface area contributed by atoms with Gasteiger partial charge in [0.1, 0.15) is 5.56 Å². The van der Waals surface area contributed by atoms with Crippen LogP contribution in [0.5, 0.6) is 11.5 Å². The van der Waals surface area contributed by atoms with Crippen LogP contribution < -0.4 is 9.47 Å². The molecule has 0 radical (unpaired) electrons. The number of hydrogen-bond acceptors (Lipinski definition) is 3. The van der Waals surface area contributed by atoms with Gasteiger partial charge in [0.25, 0.3) is 0 Å². The fourth-order valence-electron chi connectivity index (χ4n) is 2.62. The SMILES string of the molecule is COc1cc2c(c(C(F)(F)F)c1OC)C(C(C)Br)SCC2. The largest absolute Gasteiger partial charge is 0.493 e. The second-order valence-corrected chi connectivity index (χ2v) is 7.47. The normalized spacial score (nSPS) is 19.9. The molecule has 1 heterocycles. The number of alkyl halides is 4. The number of thioether (sulfide) groups is 1. The average Bonchev–Trinajstić information content (AvgIpc) is 2.42. The van der Waals surface area contributed by atoms with Gasteiger partial charge in [-0.15, -0.1) is 0 Å². The number of aryl methyl sites for hydroxylation is 1. The number of halogens is 4. The maximum absolute atomic E-state index is 13.6. The second kappa shape index (κ2) is 6.28. The molecule has 2 atom stereocenters. The van der Waals surface area contributed by atoms with E-state index in [1.54, 1.807) is 6.07 Å². The van der Waals surface area contributed by atoms with Gasteiger partial charge in [0.05, 0.1) is 14.2 Å². The molecule has 0 fully saturated rings. The Hall–Kier alpha value is -0.560. The summed E-state index contributed by atoms with van der Waals surface area (Å²) in [5.74, 6) is 0.696. The molecule has 0 N–H and O–H groups in total. The van der Waals surface area contributed by atoms with Crippen molar-refractivity contribution in [3.8, 4) is 11.5 Å². The number of hydrogen-bond donors (Lipinski definition) is 0. The summed E-state index contributed by atoms with van der Waals surface area (Å²) in [5, 5.41) is -0.259. The van der Waals surface area contributed by atoms with Crippen molar-refractivity contribution >= 4 is 27.7 Å². The minimum Gasteiger partial charge on any atom is -0.493 e. The average molecular weight is 385 g/mol. The van der Waals surface area contributed by atoms with E-state index in [9.17, 15) is 13.2 Å². The van der Waals surface area contributed by atoms with E-state index in [2.05, 4.69) is 15.9 Å². The first-order chi connectivity index (χ1) is 9.81. The van der Waals surface area contributed by atoms with Crippen molar-refractivity contribution in [2.45, 2.75) is 29.6 Å². The number of benzene rings is 1. The van der Waals surface area contributed by atoms with Crippen molar-refractivity contribution in [2.24, 2.45) is 0 Å². The Morgan fingerprint density at radius 3 is 2.48 bits per heavy atom. The van der Waals surface area contributed by atoms with Crippen molar-refractivity contribution in [3.63, 3.8) is 0 Å². The Bertz CT molecular complexity index is 532. The number of ether oxygens (including phenoxy) is 2. The summed E-state index contributed by atoms with van der Waals surface area (Å²) in [6.45, 7) is 1.86. The van der Waals surface area contributed by atoms with Gasteiger partial charge in [-0.2, -0.15) is 24.9 Å². The van der Waals surface area contributed by atoms with Gasteiger partial charge in [-0.3, -0.25) is 0 Å². The molecule has 7 heteroatoms. The van der Waals surface area contributed by atoms with E-state index >= 15 is 0 Å². The van der Waals surface area contributed by atoms with Crippen molar-refractivity contribution in [3.05, 3.63) is 22.8 Å². The van der Waals surface area contributed by atoms with Crippen LogP contribution in [0.3, 0.4) is 0 Å². The Morgan fingerprint density at radius 1 is 1.33 bits per heavy atom. The molecule has 1 aromatic carbocycles. The zero-order valence-electron chi connectivity index (χ0n) is 11.9. The standard InChI is InChI=1S/C14H16BrF3O2S/c1-7(15)13-10-8(4-5-21-13)6-9(19-2)12(20-3)11(10)14(16,17)18/h6-7,13H,4-5H2,1-3H3. The van der Waals surface area contributed by atoms with Crippen LogP contribution in [0.25, 0.3) is 0 Å². The summed E-state index contributed by atoms with van der Waals surface area (Å²) < 4.78 is 51.0. The lowest BCUT2D eigenvalue weighted by Gasteiger charge is -2.31. The summed E-state index contributed by atoms with van der Waals surface area (Å²) in [4.78, 5) is -0.0687. The molecule has 1 aromatic rings. The van der Waals surface area contributed by atoms with E-state index in [4.69, 9.17) is 9.47 Å². The van der Waals surface area contributed by atoms with E-state index < -0.39 is 11.7 Å². The smallest absolute Gasteiger partial charge is 0.420 e. The third-order valence-electron chi connectivity index (χ3n) is 3.45. The van der Waals surface area contributed by atoms with E-state index in [0.717, 1.165) is 5.75 Å². The zero-order valence-corrected chi connectivity index (χ0v) is 14.3. The molecule has 1 aliphatic rings. The van der Waals surface area contributed by atoms with Crippen LogP contribution >= 0.6 is 27.7 Å². The molecule has 2 unspecified atom stereocenters. The lowest BCUT2D eigenvalue weighted by atomic mass is 9.92. The number of methoxy groups -OCH3 is 2. The van der Waals surface area contributed by atoms with Crippen LogP contribution in [0.1, 0.15) is 28.9 Å². The minimum absolute atomic E-state index is 0.0687. The first-order valence-electron chi connectivity index (χ1n) is 6.41. The minimum atomic E-state index is -4.48. The Morgan fingerprint density at radius 2 is 2.00 bits per heavy atom. The summed E-state index contributed by atoms with van der Waals surface area (Å²) in [6.07, 6.45) is -3.89. The van der Waals surface area contributed by atoms with Crippen molar-refractivity contribution < 1.29 is 22.6 Å². The molecule has 2 rings (SSSR count). The number of fused-ring (bicyclic) bond motifs is 1. The van der Waals surface area contributed by atoms with Gasteiger partial charge in [0, 0.05) is 10.1 Å². The fraction of sp³-hybridized carbons (Fsp3) is 0.571. The van der Waals surface area contributed by atoms with Gasteiger partial charge < -0.3 is 9.47 Å². The Balaban J connectivity index is 2.79. The molecule has 0 saturated carbocycles. The second-order valence-electron chi connectivity index (χ2n) is 4.78. The molecular weight excluding hydrogens is 369 g/mol. The summed E-state index contributed by atoms with van der Waals surface area (Å²) in [7, 11) is 2.59. The Labute approximate surface area is 134 Å². The topological polar surface area (TPSA) is 18.5 Å². The van der Waals surface area contributed by atoms with E-state index in [1.807, 2.05) is 6.92 Å². The van der Waals surface area contributed by atoms with Crippen molar-refractivity contribution in [1.82, 2.24) is 0 Å². The van der Waals surface area contributed by atoms with Gasteiger partial charge in [0.15, 0.2) is 11.5 Å². The Kier molecular flexibility index (Phi) is 5.03. The molecule has 1 aliphatic heterocycles. The van der Waals surface area contributed by atoms with Crippen LogP contribution in [0, 0.1) is 0 Å². The third-order valence-corrected chi connectivity index (χ3v) is 5.77. The first kappa shape index (κ1) is 16.8.